The van der Waals surface area contributed by atoms with E-state index in [0.717, 1.165) is 25.3 Å². The minimum atomic E-state index is 0.0835. The molecule has 4 nitrogen and oxygen atoms in total. The summed E-state index contributed by atoms with van der Waals surface area (Å²) in [6, 6.07) is 14.3. The fourth-order valence-corrected chi connectivity index (χ4v) is 2.15. The lowest BCUT2D eigenvalue weighted by molar-refractivity contribution is 0.0693. The van der Waals surface area contributed by atoms with Crippen molar-refractivity contribution in [3.05, 3.63) is 60.1 Å². The minimum Gasteiger partial charge on any atom is -0.467 e. The topological polar surface area (TPSA) is 43.6 Å². The third kappa shape index (κ3) is 5.34. The number of hydrogen-bond donors (Lipinski definition) is 1. The average Bonchev–Trinajstić information content (AvgIpc) is 3.05. The van der Waals surface area contributed by atoms with Gasteiger partial charge in [0.1, 0.15) is 5.76 Å². The van der Waals surface area contributed by atoms with Crippen LogP contribution in [0.3, 0.4) is 0 Å². The predicted molar refractivity (Wildman–Crippen MR) is 82.3 cm³/mol. The molecule has 1 aromatic heterocycles. The second kappa shape index (κ2) is 9.34. The molecule has 2 rings (SSSR count). The van der Waals surface area contributed by atoms with Gasteiger partial charge in [-0.1, -0.05) is 30.3 Å². The highest BCUT2D eigenvalue weighted by atomic mass is 16.5. The van der Waals surface area contributed by atoms with E-state index >= 15 is 0 Å². The summed E-state index contributed by atoms with van der Waals surface area (Å²) in [5, 5.41) is 3.52. The van der Waals surface area contributed by atoms with Crippen molar-refractivity contribution in [3.63, 3.8) is 0 Å². The largest absolute Gasteiger partial charge is 0.467 e. The van der Waals surface area contributed by atoms with E-state index < -0.39 is 0 Å². The summed E-state index contributed by atoms with van der Waals surface area (Å²) in [6.07, 6.45) is 2.66. The first kappa shape index (κ1) is 15.8. The van der Waals surface area contributed by atoms with Gasteiger partial charge < -0.3 is 19.2 Å². The van der Waals surface area contributed by atoms with Gasteiger partial charge in [0.15, 0.2) is 0 Å². The highest BCUT2D eigenvalue weighted by Crippen LogP contribution is 2.22. The van der Waals surface area contributed by atoms with Crippen molar-refractivity contribution in [2.45, 2.75) is 12.5 Å². The van der Waals surface area contributed by atoms with Crippen LogP contribution in [0.5, 0.6) is 0 Å². The second-order valence-electron chi connectivity index (χ2n) is 4.77. The number of rotatable bonds is 10. The van der Waals surface area contributed by atoms with E-state index in [9.17, 15) is 0 Å². The molecule has 0 radical (unpaired) electrons. The summed E-state index contributed by atoms with van der Waals surface area (Å²) >= 11 is 0. The van der Waals surface area contributed by atoms with Crippen LogP contribution >= 0.6 is 0 Å². The average molecular weight is 289 g/mol. The Morgan fingerprint density at radius 1 is 1.05 bits per heavy atom. The van der Waals surface area contributed by atoms with Crippen LogP contribution in [0.4, 0.5) is 0 Å². The fraction of sp³-hybridized carbons (Fsp3) is 0.412. The molecule has 0 saturated heterocycles. The molecule has 0 bridgehead atoms. The number of furan rings is 1. The lowest BCUT2D eigenvalue weighted by atomic mass is 10.0. The standard InChI is InChI=1S/C17H23NO3/c1-19-13-14-20-11-6-10-18-17(16-9-5-12-21-16)15-7-3-2-4-8-15/h2-5,7-9,12,17-18H,6,10-11,13-14H2,1H3. The lowest BCUT2D eigenvalue weighted by Crippen LogP contribution is -2.24. The van der Waals surface area contributed by atoms with Crippen molar-refractivity contribution >= 4 is 0 Å². The normalized spacial score (nSPS) is 12.4. The van der Waals surface area contributed by atoms with Crippen LogP contribution in [0.15, 0.2) is 53.1 Å². The highest BCUT2D eigenvalue weighted by Gasteiger charge is 2.15. The van der Waals surface area contributed by atoms with Crippen LogP contribution in [0.1, 0.15) is 23.8 Å². The van der Waals surface area contributed by atoms with E-state index in [-0.39, 0.29) is 6.04 Å². The number of hydrogen-bond acceptors (Lipinski definition) is 4. The molecule has 1 aromatic carbocycles. The molecule has 1 atom stereocenters. The second-order valence-corrected chi connectivity index (χ2v) is 4.77. The van der Waals surface area contributed by atoms with E-state index in [1.807, 2.05) is 30.3 Å². The van der Waals surface area contributed by atoms with Crippen molar-refractivity contribution in [1.82, 2.24) is 5.32 Å². The van der Waals surface area contributed by atoms with Gasteiger partial charge in [0.25, 0.3) is 0 Å². The van der Waals surface area contributed by atoms with Gasteiger partial charge in [-0.05, 0) is 30.7 Å². The molecule has 0 fully saturated rings. The number of methoxy groups -OCH3 is 1. The maximum absolute atomic E-state index is 5.55. The van der Waals surface area contributed by atoms with Gasteiger partial charge in [-0.2, -0.15) is 0 Å². The first-order chi connectivity index (χ1) is 10.4. The van der Waals surface area contributed by atoms with Gasteiger partial charge in [0.05, 0.1) is 25.5 Å². The first-order valence-corrected chi connectivity index (χ1v) is 7.30. The summed E-state index contributed by atoms with van der Waals surface area (Å²) in [5.74, 6) is 0.932. The maximum Gasteiger partial charge on any atom is 0.125 e. The summed E-state index contributed by atoms with van der Waals surface area (Å²) in [4.78, 5) is 0. The van der Waals surface area contributed by atoms with Gasteiger partial charge >= 0.3 is 0 Å². The molecule has 0 saturated carbocycles. The Kier molecular flexibility index (Phi) is 7.01. The van der Waals surface area contributed by atoms with Crippen LogP contribution in [0.2, 0.25) is 0 Å². The highest BCUT2D eigenvalue weighted by molar-refractivity contribution is 5.26. The monoisotopic (exact) mass is 289 g/mol. The molecule has 1 N–H and O–H groups in total. The minimum absolute atomic E-state index is 0.0835. The third-order valence-corrected chi connectivity index (χ3v) is 3.21. The summed E-state index contributed by atoms with van der Waals surface area (Å²) in [6.45, 7) is 2.90. The Morgan fingerprint density at radius 2 is 1.90 bits per heavy atom. The van der Waals surface area contributed by atoms with Crippen LogP contribution in [0.25, 0.3) is 0 Å². The smallest absolute Gasteiger partial charge is 0.125 e. The number of nitrogens with one attached hydrogen (secondary N) is 1. The third-order valence-electron chi connectivity index (χ3n) is 3.21. The zero-order valence-corrected chi connectivity index (χ0v) is 12.5. The number of benzene rings is 1. The molecule has 1 heterocycles. The van der Waals surface area contributed by atoms with E-state index in [2.05, 4.69) is 17.4 Å². The quantitative estimate of drug-likeness (QED) is 0.683. The van der Waals surface area contributed by atoms with Crippen molar-refractivity contribution in [1.29, 1.82) is 0 Å². The Bertz CT molecular complexity index is 470. The van der Waals surface area contributed by atoms with Gasteiger partial charge in [-0.3, -0.25) is 0 Å². The molecule has 0 spiro atoms. The molecule has 21 heavy (non-hydrogen) atoms. The van der Waals surface area contributed by atoms with Crippen molar-refractivity contribution in [2.24, 2.45) is 0 Å². The van der Waals surface area contributed by atoms with Crippen molar-refractivity contribution in [2.75, 3.05) is 33.5 Å². The van der Waals surface area contributed by atoms with Crippen LogP contribution < -0.4 is 5.32 Å². The molecular weight excluding hydrogens is 266 g/mol. The molecule has 2 aromatic rings. The molecule has 0 aliphatic heterocycles. The molecule has 4 heteroatoms. The molecule has 0 amide bonds. The van der Waals surface area contributed by atoms with Crippen LogP contribution in [0, 0.1) is 0 Å². The molecule has 0 aliphatic rings. The molecule has 0 aliphatic carbocycles. The number of ether oxygens (including phenoxy) is 2. The first-order valence-electron chi connectivity index (χ1n) is 7.30. The van der Waals surface area contributed by atoms with Gasteiger partial charge in [0.2, 0.25) is 0 Å². The summed E-state index contributed by atoms with van der Waals surface area (Å²) < 4.78 is 16.0. The zero-order chi connectivity index (χ0) is 14.8. The van der Waals surface area contributed by atoms with E-state index in [1.54, 1.807) is 13.4 Å². The summed E-state index contributed by atoms with van der Waals surface area (Å²) in [7, 11) is 1.68. The van der Waals surface area contributed by atoms with Crippen molar-refractivity contribution in [3.8, 4) is 0 Å². The van der Waals surface area contributed by atoms with Crippen molar-refractivity contribution < 1.29 is 13.9 Å². The molecule has 1 unspecified atom stereocenters. The van der Waals surface area contributed by atoms with Gasteiger partial charge in [0, 0.05) is 13.7 Å². The lowest BCUT2D eigenvalue weighted by Gasteiger charge is -2.17. The fourth-order valence-electron chi connectivity index (χ4n) is 2.15. The zero-order valence-electron chi connectivity index (χ0n) is 12.5. The van der Waals surface area contributed by atoms with Gasteiger partial charge in [-0.15, -0.1) is 0 Å². The van der Waals surface area contributed by atoms with Gasteiger partial charge in [-0.25, -0.2) is 0 Å². The summed E-state index contributed by atoms with van der Waals surface area (Å²) in [5.41, 5.74) is 1.20. The molecule has 114 valence electrons. The Balaban J connectivity index is 1.81. The SMILES string of the molecule is COCCOCCCNC(c1ccccc1)c1ccco1. The Labute approximate surface area is 126 Å². The Hall–Kier alpha value is -1.62. The predicted octanol–water partition coefficient (Wildman–Crippen LogP) is 3.01. The maximum atomic E-state index is 5.55. The van der Waals surface area contributed by atoms with E-state index in [4.69, 9.17) is 13.9 Å². The van der Waals surface area contributed by atoms with E-state index in [1.165, 1.54) is 5.56 Å². The molecular formula is C17H23NO3. The van der Waals surface area contributed by atoms with E-state index in [0.29, 0.717) is 13.2 Å². The van der Waals surface area contributed by atoms with Crippen LogP contribution in [-0.4, -0.2) is 33.5 Å². The Morgan fingerprint density at radius 3 is 2.62 bits per heavy atom. The van der Waals surface area contributed by atoms with Crippen LogP contribution in [-0.2, 0) is 9.47 Å².